The van der Waals surface area contributed by atoms with Gasteiger partial charge in [-0.1, -0.05) is 0 Å². The molecule has 0 amide bonds. The van der Waals surface area contributed by atoms with E-state index in [0.717, 1.165) is 42.3 Å². The van der Waals surface area contributed by atoms with Gasteiger partial charge < -0.3 is 10.0 Å². The highest BCUT2D eigenvalue weighted by Gasteiger charge is 2.29. The third kappa shape index (κ3) is 3.30. The molecule has 7 heteroatoms. The van der Waals surface area contributed by atoms with Gasteiger partial charge in [0, 0.05) is 39.3 Å². The predicted molar refractivity (Wildman–Crippen MR) is 90.6 cm³/mol. The number of hydrogen-bond donors (Lipinski definition) is 1. The molecule has 1 fully saturated rings. The van der Waals surface area contributed by atoms with Gasteiger partial charge in [-0.3, -0.25) is 9.58 Å². The van der Waals surface area contributed by atoms with Gasteiger partial charge in [0.05, 0.1) is 17.2 Å². The molecule has 1 N–H and O–H groups in total. The highest BCUT2D eigenvalue weighted by atomic mass is 16.3. The van der Waals surface area contributed by atoms with Crippen LogP contribution in [0.4, 0.5) is 5.82 Å². The minimum Gasteiger partial charge on any atom is -0.389 e. The summed E-state index contributed by atoms with van der Waals surface area (Å²) in [6.45, 7) is 11.2. The lowest BCUT2D eigenvalue weighted by Gasteiger charge is -2.42. The molecule has 3 heterocycles. The van der Waals surface area contributed by atoms with E-state index in [4.69, 9.17) is 0 Å². The van der Waals surface area contributed by atoms with Crippen molar-refractivity contribution in [3.8, 4) is 0 Å². The number of hydrogen-bond acceptors (Lipinski definition) is 6. The Balaban J connectivity index is 1.86. The normalized spacial score (nSPS) is 20.4. The molecule has 0 bridgehead atoms. The molecule has 0 aliphatic carbocycles. The Morgan fingerprint density at radius 2 is 2.04 bits per heavy atom. The summed E-state index contributed by atoms with van der Waals surface area (Å²) in [6.07, 6.45) is 1.85. The fourth-order valence-corrected chi connectivity index (χ4v) is 3.37. The second-order valence-corrected chi connectivity index (χ2v) is 7.19. The zero-order chi connectivity index (χ0) is 16.8. The average Bonchev–Trinajstić information content (AvgIpc) is 2.78. The quantitative estimate of drug-likeness (QED) is 0.909. The number of aromatic nitrogens is 4. The van der Waals surface area contributed by atoms with E-state index >= 15 is 0 Å². The van der Waals surface area contributed by atoms with Crippen molar-refractivity contribution in [3.05, 3.63) is 12.0 Å². The zero-order valence-electron chi connectivity index (χ0n) is 14.6. The van der Waals surface area contributed by atoms with Crippen molar-refractivity contribution >= 4 is 16.9 Å². The number of rotatable bonds is 3. The maximum atomic E-state index is 10.0. The van der Waals surface area contributed by atoms with Crippen LogP contribution in [0.1, 0.15) is 26.6 Å². The molecule has 7 nitrogen and oxygen atoms in total. The van der Waals surface area contributed by atoms with E-state index in [-0.39, 0.29) is 0 Å². The summed E-state index contributed by atoms with van der Waals surface area (Å²) in [7, 11) is 1.91. The van der Waals surface area contributed by atoms with Crippen molar-refractivity contribution in [2.24, 2.45) is 7.05 Å². The van der Waals surface area contributed by atoms with Crippen molar-refractivity contribution in [3.63, 3.8) is 0 Å². The van der Waals surface area contributed by atoms with Crippen LogP contribution in [0, 0.1) is 6.92 Å². The number of piperazine rings is 1. The first-order valence-corrected chi connectivity index (χ1v) is 8.12. The van der Waals surface area contributed by atoms with Crippen LogP contribution in [0.25, 0.3) is 11.0 Å². The first kappa shape index (κ1) is 16.1. The molecule has 126 valence electrons. The van der Waals surface area contributed by atoms with Crippen LogP contribution < -0.4 is 4.90 Å². The largest absolute Gasteiger partial charge is 0.389 e. The van der Waals surface area contributed by atoms with Crippen LogP contribution in [0.5, 0.6) is 0 Å². The lowest BCUT2D eigenvalue weighted by atomic mass is 10.1. The van der Waals surface area contributed by atoms with Crippen molar-refractivity contribution in [2.75, 3.05) is 31.1 Å². The molecule has 2 aromatic heterocycles. The summed E-state index contributed by atoms with van der Waals surface area (Å²) >= 11 is 0. The minimum absolute atomic E-state index is 0.323. The minimum atomic E-state index is -0.663. The van der Waals surface area contributed by atoms with Crippen molar-refractivity contribution in [2.45, 2.75) is 39.3 Å². The number of nitrogens with zero attached hydrogens (tertiary/aromatic N) is 6. The van der Waals surface area contributed by atoms with Gasteiger partial charge in [0.2, 0.25) is 0 Å². The Hall–Kier alpha value is -1.73. The Kier molecular flexibility index (Phi) is 4.01. The van der Waals surface area contributed by atoms with Crippen LogP contribution >= 0.6 is 0 Å². The van der Waals surface area contributed by atoms with E-state index in [1.54, 1.807) is 4.68 Å². The van der Waals surface area contributed by atoms with Crippen molar-refractivity contribution < 1.29 is 5.11 Å². The highest BCUT2D eigenvalue weighted by molar-refractivity contribution is 5.87. The lowest BCUT2D eigenvalue weighted by molar-refractivity contribution is 0.0307. The Labute approximate surface area is 136 Å². The van der Waals surface area contributed by atoms with Crippen LogP contribution in [0.15, 0.2) is 6.20 Å². The highest BCUT2D eigenvalue weighted by Crippen LogP contribution is 2.27. The topological polar surface area (TPSA) is 70.3 Å². The third-order valence-corrected chi connectivity index (χ3v) is 4.28. The molecule has 23 heavy (non-hydrogen) atoms. The monoisotopic (exact) mass is 318 g/mol. The molecule has 3 rings (SSSR count). The first-order valence-electron chi connectivity index (χ1n) is 8.12. The Bertz CT molecular complexity index is 704. The fraction of sp³-hybridized carbons (Fsp3) is 0.688. The number of anilines is 1. The van der Waals surface area contributed by atoms with Gasteiger partial charge in [-0.05, 0) is 27.7 Å². The summed E-state index contributed by atoms with van der Waals surface area (Å²) in [4.78, 5) is 13.8. The Morgan fingerprint density at radius 1 is 1.30 bits per heavy atom. The maximum Gasteiger partial charge on any atom is 0.163 e. The van der Waals surface area contributed by atoms with E-state index in [1.165, 1.54) is 0 Å². The van der Waals surface area contributed by atoms with Gasteiger partial charge in [0.25, 0.3) is 0 Å². The molecule has 2 aromatic rings. The van der Waals surface area contributed by atoms with Crippen LogP contribution in [0.2, 0.25) is 0 Å². The van der Waals surface area contributed by atoms with Gasteiger partial charge in [0.15, 0.2) is 5.65 Å². The SMILES string of the molecule is Cc1nc(N2CCN(CC(C)(C)O)CC2C)c2cnn(C)c2n1. The number of aliphatic hydroxyl groups is 1. The average molecular weight is 318 g/mol. The molecule has 0 aromatic carbocycles. The van der Waals surface area contributed by atoms with Crippen LogP contribution in [-0.2, 0) is 7.05 Å². The molecule has 1 atom stereocenters. The molecular formula is C16H26N6O. The van der Waals surface area contributed by atoms with Gasteiger partial charge in [-0.25, -0.2) is 9.97 Å². The van der Waals surface area contributed by atoms with Gasteiger partial charge in [-0.15, -0.1) is 0 Å². The van der Waals surface area contributed by atoms with Crippen molar-refractivity contribution in [1.29, 1.82) is 0 Å². The molecule has 1 saturated heterocycles. The van der Waals surface area contributed by atoms with E-state index < -0.39 is 5.60 Å². The predicted octanol–water partition coefficient (Wildman–Crippen LogP) is 0.953. The molecule has 0 radical (unpaired) electrons. The van der Waals surface area contributed by atoms with E-state index in [9.17, 15) is 5.11 Å². The molecule has 1 unspecified atom stereocenters. The second-order valence-electron chi connectivity index (χ2n) is 7.19. The third-order valence-electron chi connectivity index (χ3n) is 4.28. The van der Waals surface area contributed by atoms with Crippen LogP contribution in [-0.4, -0.2) is 67.6 Å². The first-order chi connectivity index (χ1) is 10.7. The number of aryl methyl sites for hydroxylation is 2. The van der Waals surface area contributed by atoms with E-state index in [1.807, 2.05) is 34.0 Å². The smallest absolute Gasteiger partial charge is 0.163 e. The van der Waals surface area contributed by atoms with Gasteiger partial charge >= 0.3 is 0 Å². The second kappa shape index (κ2) is 5.72. The van der Waals surface area contributed by atoms with Crippen molar-refractivity contribution in [1.82, 2.24) is 24.6 Å². The Morgan fingerprint density at radius 3 is 2.70 bits per heavy atom. The summed E-state index contributed by atoms with van der Waals surface area (Å²) in [5.41, 5.74) is 0.211. The summed E-state index contributed by atoms with van der Waals surface area (Å²) in [6, 6.07) is 0.323. The fourth-order valence-electron chi connectivity index (χ4n) is 3.37. The lowest BCUT2D eigenvalue weighted by Crippen LogP contribution is -2.55. The summed E-state index contributed by atoms with van der Waals surface area (Å²) in [5, 5.41) is 15.4. The molecular weight excluding hydrogens is 292 g/mol. The standard InChI is InChI=1S/C16H26N6O/c1-11-9-21(10-16(3,4)23)6-7-22(11)15-13-8-17-20(5)14(13)18-12(2)19-15/h8,11,23H,6-7,9-10H2,1-5H3. The summed E-state index contributed by atoms with van der Waals surface area (Å²) < 4.78 is 1.79. The van der Waals surface area contributed by atoms with Gasteiger partial charge in [-0.2, -0.15) is 5.10 Å². The van der Waals surface area contributed by atoms with Gasteiger partial charge in [0.1, 0.15) is 11.6 Å². The molecule has 0 saturated carbocycles. The molecule has 0 spiro atoms. The molecule has 1 aliphatic rings. The van der Waals surface area contributed by atoms with E-state index in [2.05, 4.69) is 31.8 Å². The maximum absolute atomic E-state index is 10.0. The summed E-state index contributed by atoms with van der Waals surface area (Å²) in [5.74, 6) is 1.73. The zero-order valence-corrected chi connectivity index (χ0v) is 14.6. The number of fused-ring (bicyclic) bond motifs is 1. The van der Waals surface area contributed by atoms with E-state index in [0.29, 0.717) is 12.6 Å². The molecule has 1 aliphatic heterocycles. The number of β-amino-alcohol motifs (C(OH)–C–C–N with tert-alkyl or cyclic N) is 1. The van der Waals surface area contributed by atoms with Crippen LogP contribution in [0.3, 0.4) is 0 Å².